The van der Waals surface area contributed by atoms with Crippen LogP contribution in [0.1, 0.15) is 16.1 Å². The van der Waals surface area contributed by atoms with Crippen LogP contribution < -0.4 is 5.32 Å². The number of nitrogens with one attached hydrogen (secondary N) is 1. The highest BCUT2D eigenvalue weighted by Gasteiger charge is 2.14. The number of aromatic nitrogens is 4. The van der Waals surface area contributed by atoms with Gasteiger partial charge in [-0.15, -0.1) is 0 Å². The molecule has 0 spiro atoms. The van der Waals surface area contributed by atoms with Gasteiger partial charge in [-0.1, -0.05) is 11.6 Å². The van der Waals surface area contributed by atoms with Gasteiger partial charge in [0.1, 0.15) is 0 Å². The third kappa shape index (κ3) is 2.65. The molecule has 2 aromatic heterocycles. The molecule has 0 bridgehead atoms. The van der Waals surface area contributed by atoms with E-state index in [1.165, 1.54) is 4.68 Å². The number of aryl methyl sites for hydroxylation is 2. The van der Waals surface area contributed by atoms with Crippen LogP contribution in [0.3, 0.4) is 0 Å². The van der Waals surface area contributed by atoms with E-state index in [0.717, 1.165) is 5.56 Å². The largest absolute Gasteiger partial charge is 0.346 e. The van der Waals surface area contributed by atoms with Gasteiger partial charge in [0.25, 0.3) is 5.91 Å². The molecule has 90 valence electrons. The smallest absolute Gasteiger partial charge is 0.273 e. The Kier molecular flexibility index (Phi) is 3.14. The first-order valence-electron chi connectivity index (χ1n) is 5.01. The summed E-state index contributed by atoms with van der Waals surface area (Å²) in [4.78, 5) is 11.8. The van der Waals surface area contributed by atoms with Crippen LogP contribution in [0.5, 0.6) is 0 Å². The summed E-state index contributed by atoms with van der Waals surface area (Å²) in [6.45, 7) is 0.402. The van der Waals surface area contributed by atoms with Gasteiger partial charge in [0.2, 0.25) is 0 Å². The lowest BCUT2D eigenvalue weighted by Crippen LogP contribution is -2.23. The van der Waals surface area contributed by atoms with Gasteiger partial charge >= 0.3 is 0 Å². The zero-order chi connectivity index (χ0) is 12.4. The lowest BCUT2D eigenvalue weighted by molar-refractivity contribution is 0.0945. The van der Waals surface area contributed by atoms with Crippen LogP contribution in [0.4, 0.5) is 0 Å². The molecule has 0 aliphatic carbocycles. The third-order valence-electron chi connectivity index (χ3n) is 2.21. The Labute approximate surface area is 103 Å². The quantitative estimate of drug-likeness (QED) is 0.877. The summed E-state index contributed by atoms with van der Waals surface area (Å²) >= 11 is 5.87. The van der Waals surface area contributed by atoms with E-state index >= 15 is 0 Å². The second-order valence-corrected chi connectivity index (χ2v) is 4.11. The molecule has 0 fully saturated rings. The summed E-state index contributed by atoms with van der Waals surface area (Å²) in [6, 6.07) is 0. The molecule has 1 N–H and O–H groups in total. The molecule has 0 aliphatic heterocycles. The molecular formula is C10H12ClN5O. The molecule has 1 amide bonds. The molecule has 0 aromatic carbocycles. The second kappa shape index (κ2) is 4.58. The van der Waals surface area contributed by atoms with Gasteiger partial charge in [0, 0.05) is 38.6 Å². The van der Waals surface area contributed by atoms with Gasteiger partial charge in [0.05, 0.1) is 11.2 Å². The monoisotopic (exact) mass is 253 g/mol. The lowest BCUT2D eigenvalue weighted by atomic mass is 10.3. The Morgan fingerprint density at radius 3 is 2.71 bits per heavy atom. The summed E-state index contributed by atoms with van der Waals surface area (Å²) in [7, 11) is 3.53. The van der Waals surface area contributed by atoms with Crippen molar-refractivity contribution in [3.8, 4) is 0 Å². The molecule has 0 saturated heterocycles. The van der Waals surface area contributed by atoms with Crippen LogP contribution in [0.2, 0.25) is 5.02 Å². The number of hydrogen-bond acceptors (Lipinski definition) is 3. The molecule has 2 heterocycles. The maximum Gasteiger partial charge on any atom is 0.273 e. The Hall–Kier alpha value is -1.82. The average Bonchev–Trinajstić information content (AvgIpc) is 2.81. The van der Waals surface area contributed by atoms with Gasteiger partial charge in [-0.3, -0.25) is 14.2 Å². The zero-order valence-corrected chi connectivity index (χ0v) is 10.3. The van der Waals surface area contributed by atoms with E-state index in [4.69, 9.17) is 11.6 Å². The zero-order valence-electron chi connectivity index (χ0n) is 9.51. The Morgan fingerprint density at radius 1 is 1.41 bits per heavy atom. The van der Waals surface area contributed by atoms with Crippen molar-refractivity contribution in [2.24, 2.45) is 14.1 Å². The molecular weight excluding hydrogens is 242 g/mol. The van der Waals surface area contributed by atoms with Gasteiger partial charge in [-0.05, 0) is 0 Å². The van der Waals surface area contributed by atoms with Crippen molar-refractivity contribution in [2.45, 2.75) is 6.54 Å². The minimum atomic E-state index is -0.292. The highest BCUT2D eigenvalue weighted by Crippen LogP contribution is 2.12. The van der Waals surface area contributed by atoms with Crippen molar-refractivity contribution in [2.75, 3.05) is 0 Å². The van der Waals surface area contributed by atoms with Crippen molar-refractivity contribution in [1.29, 1.82) is 0 Å². The minimum Gasteiger partial charge on any atom is -0.346 e. The standard InChI is InChI=1S/C10H12ClN5O/c1-15-5-7(4-13-15)3-12-10(17)9-8(11)6-16(2)14-9/h4-6H,3H2,1-2H3,(H,12,17). The highest BCUT2D eigenvalue weighted by molar-refractivity contribution is 6.33. The van der Waals surface area contributed by atoms with Crippen molar-refractivity contribution in [1.82, 2.24) is 24.9 Å². The van der Waals surface area contributed by atoms with Crippen LogP contribution in [-0.4, -0.2) is 25.5 Å². The topological polar surface area (TPSA) is 64.7 Å². The van der Waals surface area contributed by atoms with E-state index in [0.29, 0.717) is 11.6 Å². The molecule has 2 aromatic rings. The maximum absolute atomic E-state index is 11.8. The number of halogens is 1. The number of nitrogens with zero attached hydrogens (tertiary/aromatic N) is 4. The first kappa shape index (κ1) is 11.7. The van der Waals surface area contributed by atoms with Gasteiger partial charge in [0.15, 0.2) is 5.69 Å². The fourth-order valence-electron chi connectivity index (χ4n) is 1.44. The average molecular weight is 254 g/mol. The number of rotatable bonds is 3. The van der Waals surface area contributed by atoms with E-state index < -0.39 is 0 Å². The van der Waals surface area contributed by atoms with Crippen molar-refractivity contribution in [3.63, 3.8) is 0 Å². The first-order chi connectivity index (χ1) is 8.06. The Balaban J connectivity index is 2.00. The number of amides is 1. The van der Waals surface area contributed by atoms with Crippen molar-refractivity contribution < 1.29 is 4.79 Å². The summed E-state index contributed by atoms with van der Waals surface area (Å²) in [5.41, 5.74) is 1.16. The number of carbonyl (C=O) groups excluding carboxylic acids is 1. The fourth-order valence-corrected chi connectivity index (χ4v) is 1.71. The predicted octanol–water partition coefficient (Wildman–Crippen LogP) is 0.737. The highest BCUT2D eigenvalue weighted by atomic mass is 35.5. The molecule has 17 heavy (non-hydrogen) atoms. The first-order valence-corrected chi connectivity index (χ1v) is 5.39. The molecule has 0 atom stereocenters. The summed E-state index contributed by atoms with van der Waals surface area (Å²) in [5, 5.41) is 11.1. The normalized spacial score (nSPS) is 10.5. The van der Waals surface area contributed by atoms with Gasteiger partial charge < -0.3 is 5.32 Å². The summed E-state index contributed by atoms with van der Waals surface area (Å²) in [6.07, 6.45) is 5.11. The van der Waals surface area contributed by atoms with Crippen LogP contribution in [0.15, 0.2) is 18.6 Å². The Morgan fingerprint density at radius 2 is 2.18 bits per heavy atom. The predicted molar refractivity (Wildman–Crippen MR) is 62.6 cm³/mol. The number of carbonyl (C=O) groups is 1. The number of hydrogen-bond donors (Lipinski definition) is 1. The van der Waals surface area contributed by atoms with E-state index in [1.807, 2.05) is 13.2 Å². The molecule has 7 heteroatoms. The summed E-state index contributed by atoms with van der Waals surface area (Å²) < 4.78 is 3.18. The van der Waals surface area contributed by atoms with E-state index in [-0.39, 0.29) is 11.6 Å². The SMILES string of the molecule is Cn1cc(CNC(=O)c2nn(C)cc2Cl)cn1. The van der Waals surface area contributed by atoms with Crippen LogP contribution in [0, 0.1) is 0 Å². The summed E-state index contributed by atoms with van der Waals surface area (Å²) in [5.74, 6) is -0.292. The second-order valence-electron chi connectivity index (χ2n) is 3.70. The van der Waals surface area contributed by atoms with Crippen molar-refractivity contribution in [3.05, 3.63) is 34.9 Å². The Bertz CT molecular complexity index is 545. The third-order valence-corrected chi connectivity index (χ3v) is 2.49. The van der Waals surface area contributed by atoms with E-state index in [2.05, 4.69) is 15.5 Å². The minimum absolute atomic E-state index is 0.234. The van der Waals surface area contributed by atoms with Gasteiger partial charge in [-0.25, -0.2) is 0 Å². The molecule has 2 rings (SSSR count). The molecule has 0 radical (unpaired) electrons. The molecule has 6 nitrogen and oxygen atoms in total. The van der Waals surface area contributed by atoms with Crippen LogP contribution in [0.25, 0.3) is 0 Å². The van der Waals surface area contributed by atoms with E-state index in [9.17, 15) is 4.79 Å². The van der Waals surface area contributed by atoms with Crippen LogP contribution >= 0.6 is 11.6 Å². The lowest BCUT2D eigenvalue weighted by Gasteiger charge is -2.00. The van der Waals surface area contributed by atoms with Crippen molar-refractivity contribution >= 4 is 17.5 Å². The van der Waals surface area contributed by atoms with Crippen LogP contribution in [-0.2, 0) is 20.6 Å². The van der Waals surface area contributed by atoms with Gasteiger partial charge in [-0.2, -0.15) is 10.2 Å². The molecule has 0 saturated carbocycles. The van der Waals surface area contributed by atoms with E-state index in [1.54, 1.807) is 24.1 Å². The molecule has 0 unspecified atom stereocenters. The maximum atomic E-state index is 11.8. The fraction of sp³-hybridized carbons (Fsp3) is 0.300. The molecule has 0 aliphatic rings.